The maximum absolute atomic E-state index is 11.4. The van der Waals surface area contributed by atoms with Gasteiger partial charge in [-0.3, -0.25) is 4.79 Å². The van der Waals surface area contributed by atoms with Gasteiger partial charge in [-0.05, 0) is 18.4 Å². The molecule has 1 rings (SSSR count). The van der Waals surface area contributed by atoms with Gasteiger partial charge in [-0.2, -0.15) is 0 Å². The highest BCUT2D eigenvalue weighted by molar-refractivity contribution is 5.32. The molecule has 1 heterocycles. The van der Waals surface area contributed by atoms with E-state index in [2.05, 4.69) is 4.98 Å². The second kappa shape index (κ2) is 3.64. The molecule has 72 valence electrons. The predicted molar refractivity (Wildman–Crippen MR) is 52.2 cm³/mol. The smallest absolute Gasteiger partial charge is 0.255 e. The zero-order valence-electron chi connectivity index (χ0n) is 8.22. The van der Waals surface area contributed by atoms with Crippen LogP contribution in [0.2, 0.25) is 0 Å². The molecule has 0 aliphatic heterocycles. The quantitative estimate of drug-likeness (QED) is 0.730. The van der Waals surface area contributed by atoms with E-state index in [9.17, 15) is 9.90 Å². The number of aromatic nitrogens is 1. The zero-order chi connectivity index (χ0) is 10.0. The largest absolute Gasteiger partial charge is 0.507 e. The van der Waals surface area contributed by atoms with Crippen molar-refractivity contribution in [1.82, 2.24) is 4.98 Å². The van der Waals surface area contributed by atoms with Gasteiger partial charge in [-0.25, -0.2) is 0 Å². The first kappa shape index (κ1) is 9.84. The van der Waals surface area contributed by atoms with Crippen molar-refractivity contribution in [2.75, 3.05) is 0 Å². The van der Waals surface area contributed by atoms with E-state index in [1.807, 2.05) is 20.8 Å². The highest BCUT2D eigenvalue weighted by Gasteiger charge is 2.08. The van der Waals surface area contributed by atoms with Crippen LogP contribution in [0.1, 0.15) is 37.9 Å². The summed E-state index contributed by atoms with van der Waals surface area (Å²) in [5, 5.41) is 9.50. The maximum Gasteiger partial charge on any atom is 0.255 e. The van der Waals surface area contributed by atoms with Crippen molar-refractivity contribution in [3.8, 4) is 5.75 Å². The molecule has 3 heteroatoms. The Bertz CT molecular complexity index is 352. The normalized spacial score (nSPS) is 10.8. The molecule has 0 spiro atoms. The third-order valence-corrected chi connectivity index (χ3v) is 2.11. The topological polar surface area (TPSA) is 53.1 Å². The fraction of sp³-hybridized carbons (Fsp3) is 0.500. The molecule has 13 heavy (non-hydrogen) atoms. The van der Waals surface area contributed by atoms with Gasteiger partial charge in [-0.1, -0.05) is 20.8 Å². The van der Waals surface area contributed by atoms with Crippen molar-refractivity contribution >= 4 is 0 Å². The number of nitrogens with one attached hydrogen (secondary N) is 1. The lowest BCUT2D eigenvalue weighted by Gasteiger charge is -2.07. The van der Waals surface area contributed by atoms with E-state index in [1.54, 1.807) is 6.07 Å². The van der Waals surface area contributed by atoms with E-state index in [0.29, 0.717) is 12.0 Å². The van der Waals surface area contributed by atoms with Gasteiger partial charge < -0.3 is 10.1 Å². The second-order valence-electron chi connectivity index (χ2n) is 3.43. The fourth-order valence-electron chi connectivity index (χ4n) is 1.25. The van der Waals surface area contributed by atoms with Gasteiger partial charge in [-0.15, -0.1) is 0 Å². The second-order valence-corrected chi connectivity index (χ2v) is 3.43. The van der Waals surface area contributed by atoms with Gasteiger partial charge in [0, 0.05) is 5.69 Å². The Morgan fingerprint density at radius 3 is 2.54 bits per heavy atom. The summed E-state index contributed by atoms with van der Waals surface area (Å²) in [6, 6.07) is 1.63. The molecular weight excluding hydrogens is 166 g/mol. The summed E-state index contributed by atoms with van der Waals surface area (Å²) in [4.78, 5) is 14.1. The van der Waals surface area contributed by atoms with Gasteiger partial charge in [0.25, 0.3) is 5.56 Å². The van der Waals surface area contributed by atoms with Crippen molar-refractivity contribution < 1.29 is 5.11 Å². The summed E-state index contributed by atoms with van der Waals surface area (Å²) in [6.45, 7) is 5.78. The van der Waals surface area contributed by atoms with E-state index < -0.39 is 0 Å². The summed E-state index contributed by atoms with van der Waals surface area (Å²) in [5.41, 5.74) is 1.07. The Balaban J connectivity index is 3.29. The van der Waals surface area contributed by atoms with Gasteiger partial charge >= 0.3 is 0 Å². The van der Waals surface area contributed by atoms with E-state index >= 15 is 0 Å². The van der Waals surface area contributed by atoms with Crippen LogP contribution in [-0.4, -0.2) is 10.1 Å². The minimum Gasteiger partial charge on any atom is -0.507 e. The first-order valence-corrected chi connectivity index (χ1v) is 4.51. The number of aromatic hydroxyl groups is 1. The van der Waals surface area contributed by atoms with Crippen LogP contribution in [0.25, 0.3) is 0 Å². The summed E-state index contributed by atoms with van der Waals surface area (Å²) in [7, 11) is 0. The van der Waals surface area contributed by atoms with Crippen molar-refractivity contribution in [2.24, 2.45) is 0 Å². The van der Waals surface area contributed by atoms with Gasteiger partial charge in [0.1, 0.15) is 5.75 Å². The minimum atomic E-state index is -0.175. The summed E-state index contributed by atoms with van der Waals surface area (Å²) in [6.07, 6.45) is 0.555. The predicted octanol–water partition coefficient (Wildman–Crippen LogP) is 1.77. The number of hydrogen-bond acceptors (Lipinski definition) is 2. The summed E-state index contributed by atoms with van der Waals surface area (Å²) >= 11 is 0. The number of rotatable bonds is 2. The van der Waals surface area contributed by atoms with Crippen LogP contribution in [0, 0.1) is 0 Å². The molecule has 0 saturated carbocycles. The molecule has 1 aromatic heterocycles. The summed E-state index contributed by atoms with van der Waals surface area (Å²) < 4.78 is 0. The van der Waals surface area contributed by atoms with Crippen molar-refractivity contribution in [1.29, 1.82) is 0 Å². The number of hydrogen-bond donors (Lipinski definition) is 2. The van der Waals surface area contributed by atoms with Crippen LogP contribution in [0.3, 0.4) is 0 Å². The molecule has 0 atom stereocenters. The summed E-state index contributed by atoms with van der Waals surface area (Å²) in [5.74, 6) is 0.333. The molecule has 0 unspecified atom stereocenters. The molecular formula is C10H15NO2. The van der Waals surface area contributed by atoms with E-state index in [-0.39, 0.29) is 17.2 Å². The van der Waals surface area contributed by atoms with Gasteiger partial charge in [0.05, 0.1) is 5.56 Å². The van der Waals surface area contributed by atoms with Crippen molar-refractivity contribution in [2.45, 2.75) is 33.1 Å². The number of H-pyrrole nitrogens is 1. The molecule has 0 aromatic carbocycles. The lowest BCUT2D eigenvalue weighted by molar-refractivity contribution is 0.464. The molecule has 0 saturated heterocycles. The Morgan fingerprint density at radius 2 is 2.15 bits per heavy atom. The molecule has 0 aliphatic rings. The fourth-order valence-corrected chi connectivity index (χ4v) is 1.25. The third-order valence-electron chi connectivity index (χ3n) is 2.11. The standard InChI is InChI=1S/C10H15NO2/c1-4-7-9(12)5-8(6(2)3)11-10(7)13/h5-6H,4H2,1-3H3,(H2,11,12,13). The van der Waals surface area contributed by atoms with Crippen LogP contribution in [-0.2, 0) is 6.42 Å². The van der Waals surface area contributed by atoms with Crippen LogP contribution in [0.15, 0.2) is 10.9 Å². The average molecular weight is 181 g/mol. The van der Waals surface area contributed by atoms with Gasteiger partial charge in [0.2, 0.25) is 0 Å². The van der Waals surface area contributed by atoms with Crippen molar-refractivity contribution in [3.05, 3.63) is 27.7 Å². The molecule has 2 N–H and O–H groups in total. The Morgan fingerprint density at radius 1 is 1.54 bits per heavy atom. The van der Waals surface area contributed by atoms with Crippen LogP contribution < -0.4 is 5.56 Å². The maximum atomic E-state index is 11.4. The molecule has 1 aromatic rings. The van der Waals surface area contributed by atoms with E-state index in [0.717, 1.165) is 5.69 Å². The monoisotopic (exact) mass is 181 g/mol. The lowest BCUT2D eigenvalue weighted by Crippen LogP contribution is -2.14. The minimum absolute atomic E-state index is 0.106. The highest BCUT2D eigenvalue weighted by atomic mass is 16.3. The molecule has 0 bridgehead atoms. The molecule has 0 aliphatic carbocycles. The van der Waals surface area contributed by atoms with Crippen LogP contribution in [0.5, 0.6) is 5.75 Å². The van der Waals surface area contributed by atoms with Crippen LogP contribution >= 0.6 is 0 Å². The first-order chi connectivity index (χ1) is 6.06. The number of aromatic amines is 1. The Hall–Kier alpha value is -1.25. The molecule has 3 nitrogen and oxygen atoms in total. The molecule has 0 fully saturated rings. The van der Waals surface area contributed by atoms with Crippen LogP contribution in [0.4, 0.5) is 0 Å². The van der Waals surface area contributed by atoms with E-state index in [1.165, 1.54) is 0 Å². The lowest BCUT2D eigenvalue weighted by atomic mass is 10.1. The third kappa shape index (κ3) is 1.91. The SMILES string of the molecule is CCc1c(O)cc(C(C)C)[nH]c1=O. The highest BCUT2D eigenvalue weighted by Crippen LogP contribution is 2.18. The number of pyridine rings is 1. The molecule has 0 amide bonds. The zero-order valence-corrected chi connectivity index (χ0v) is 8.22. The van der Waals surface area contributed by atoms with Crippen molar-refractivity contribution in [3.63, 3.8) is 0 Å². The first-order valence-electron chi connectivity index (χ1n) is 4.51. The van der Waals surface area contributed by atoms with Gasteiger partial charge in [0.15, 0.2) is 0 Å². The molecule has 0 radical (unpaired) electrons. The van der Waals surface area contributed by atoms with E-state index in [4.69, 9.17) is 0 Å². The average Bonchev–Trinajstić information content (AvgIpc) is 2.03. The Kier molecular flexibility index (Phi) is 2.76. The Labute approximate surface area is 77.4 Å².